The molecule has 1 unspecified atom stereocenters. The van der Waals surface area contributed by atoms with Crippen LogP contribution in [0.4, 0.5) is 0 Å². The van der Waals surface area contributed by atoms with Gasteiger partial charge >= 0.3 is 0 Å². The van der Waals surface area contributed by atoms with Gasteiger partial charge in [0, 0.05) is 4.90 Å². The van der Waals surface area contributed by atoms with Gasteiger partial charge in [-0.25, -0.2) is 5.43 Å². The van der Waals surface area contributed by atoms with E-state index in [1.807, 2.05) is 19.1 Å². The van der Waals surface area contributed by atoms with Gasteiger partial charge in [-0.2, -0.15) is 0 Å². The number of nitrogens with one attached hydrogen (secondary N) is 1. The largest absolute Gasteiger partial charge is 0.311 e. The predicted molar refractivity (Wildman–Crippen MR) is 62.1 cm³/mol. The van der Waals surface area contributed by atoms with Crippen molar-refractivity contribution in [3.05, 3.63) is 28.8 Å². The summed E-state index contributed by atoms with van der Waals surface area (Å²) in [7, 11) is 0. The monoisotopic (exact) mass is 211 g/mol. The van der Waals surface area contributed by atoms with Crippen LogP contribution in [0.25, 0.3) is 0 Å². The van der Waals surface area contributed by atoms with Crippen molar-refractivity contribution in [1.29, 1.82) is 0 Å². The van der Waals surface area contributed by atoms with E-state index in [0.717, 1.165) is 22.4 Å². The Labute approximate surface area is 90.2 Å². The second-order valence-electron chi connectivity index (χ2n) is 3.29. The van der Waals surface area contributed by atoms with Gasteiger partial charge in [0.05, 0.1) is 6.17 Å². The number of rotatable bonds is 3. The summed E-state index contributed by atoms with van der Waals surface area (Å²) in [5, 5.41) is 0. The van der Waals surface area contributed by atoms with E-state index in [2.05, 4.69) is 25.0 Å². The van der Waals surface area contributed by atoms with E-state index in [0.29, 0.717) is 0 Å². The predicted octanol–water partition coefficient (Wildman–Crippen LogP) is 1.27. The lowest BCUT2D eigenvalue weighted by Gasteiger charge is -2.19. The van der Waals surface area contributed by atoms with Crippen LogP contribution in [0, 0.1) is 6.92 Å². The lowest BCUT2D eigenvalue weighted by Crippen LogP contribution is -2.35. The third kappa shape index (κ3) is 2.09. The molecule has 0 aliphatic heterocycles. The Morgan fingerprint density at radius 2 is 2.14 bits per heavy atom. The summed E-state index contributed by atoms with van der Waals surface area (Å²) in [5.41, 5.74) is 11.8. The zero-order chi connectivity index (χ0) is 10.7. The minimum absolute atomic E-state index is 0.322. The summed E-state index contributed by atoms with van der Waals surface area (Å²) < 4.78 is 0. The Morgan fingerprint density at radius 3 is 2.64 bits per heavy atom. The molecule has 3 nitrogen and oxygen atoms in total. The molecule has 0 saturated heterocycles. The highest BCUT2D eigenvalue weighted by molar-refractivity contribution is 7.80. The summed E-state index contributed by atoms with van der Waals surface area (Å²) in [6.07, 6.45) is 0.586. The van der Waals surface area contributed by atoms with Crippen molar-refractivity contribution >= 4 is 12.6 Å². The molecule has 0 aromatic heterocycles. The molecule has 78 valence electrons. The number of hydrogen-bond acceptors (Lipinski definition) is 4. The fourth-order valence-electron chi connectivity index (χ4n) is 1.66. The van der Waals surface area contributed by atoms with Crippen molar-refractivity contribution in [2.24, 2.45) is 11.6 Å². The van der Waals surface area contributed by atoms with Crippen molar-refractivity contribution < 1.29 is 0 Å². The molecule has 0 saturated carbocycles. The van der Waals surface area contributed by atoms with Crippen LogP contribution in [-0.4, -0.2) is 0 Å². The molecule has 1 aromatic rings. The zero-order valence-corrected chi connectivity index (χ0v) is 9.44. The Bertz CT molecular complexity index is 325. The van der Waals surface area contributed by atoms with E-state index in [1.54, 1.807) is 0 Å². The molecule has 4 heteroatoms. The average Bonchev–Trinajstić information content (AvgIpc) is 2.19. The molecule has 1 atom stereocenters. The molecule has 0 fully saturated rings. The average molecular weight is 211 g/mol. The number of nitrogens with two attached hydrogens (primary N) is 2. The first-order chi connectivity index (χ1) is 6.61. The first-order valence-electron chi connectivity index (χ1n) is 4.64. The van der Waals surface area contributed by atoms with E-state index in [4.69, 9.17) is 11.6 Å². The van der Waals surface area contributed by atoms with Crippen LogP contribution in [0.1, 0.15) is 29.8 Å². The maximum atomic E-state index is 5.87. The van der Waals surface area contributed by atoms with Gasteiger partial charge in [-0.15, -0.1) is 12.6 Å². The molecule has 0 heterocycles. The lowest BCUT2D eigenvalue weighted by molar-refractivity contribution is 0.567. The normalized spacial score (nSPS) is 12.9. The maximum Gasteiger partial charge on any atom is 0.0941 e. The number of benzene rings is 1. The first kappa shape index (κ1) is 11.5. The van der Waals surface area contributed by atoms with Crippen molar-refractivity contribution in [2.45, 2.75) is 31.3 Å². The molecule has 0 bridgehead atoms. The Morgan fingerprint density at radius 1 is 1.50 bits per heavy atom. The molecule has 0 aliphatic rings. The molecule has 0 radical (unpaired) electrons. The van der Waals surface area contributed by atoms with Crippen molar-refractivity contribution in [3.63, 3.8) is 0 Å². The van der Waals surface area contributed by atoms with E-state index in [9.17, 15) is 0 Å². The minimum atomic E-state index is -0.322. The fourth-order valence-corrected chi connectivity index (χ4v) is 2.01. The maximum absolute atomic E-state index is 5.87. The standard InChI is InChI=1S/C10H17N3S/c1-3-7-8(14)5-4-6(2)9(7)10(11)13-12/h4-5,10,13-14H,3,11-12H2,1-2H3. The van der Waals surface area contributed by atoms with Crippen molar-refractivity contribution in [1.82, 2.24) is 5.43 Å². The summed E-state index contributed by atoms with van der Waals surface area (Å²) >= 11 is 4.40. The van der Waals surface area contributed by atoms with Gasteiger partial charge in [0.2, 0.25) is 0 Å². The highest BCUT2D eigenvalue weighted by Crippen LogP contribution is 2.25. The van der Waals surface area contributed by atoms with Crippen LogP contribution >= 0.6 is 12.6 Å². The molecule has 5 N–H and O–H groups in total. The fraction of sp³-hybridized carbons (Fsp3) is 0.400. The molecular weight excluding hydrogens is 194 g/mol. The van der Waals surface area contributed by atoms with Crippen LogP contribution in [0.3, 0.4) is 0 Å². The highest BCUT2D eigenvalue weighted by atomic mass is 32.1. The topological polar surface area (TPSA) is 64.1 Å². The van der Waals surface area contributed by atoms with Crippen LogP contribution in [-0.2, 0) is 6.42 Å². The van der Waals surface area contributed by atoms with Crippen LogP contribution in [0.2, 0.25) is 0 Å². The highest BCUT2D eigenvalue weighted by Gasteiger charge is 2.13. The third-order valence-corrected chi connectivity index (χ3v) is 2.81. The van der Waals surface area contributed by atoms with Crippen molar-refractivity contribution in [3.8, 4) is 0 Å². The zero-order valence-electron chi connectivity index (χ0n) is 8.54. The Balaban J connectivity index is 3.29. The Hall–Kier alpha value is -0.550. The smallest absolute Gasteiger partial charge is 0.0941 e. The molecule has 1 rings (SSSR count). The van der Waals surface area contributed by atoms with Crippen LogP contribution in [0.5, 0.6) is 0 Å². The second kappa shape index (κ2) is 4.79. The number of hydrazine groups is 1. The molecule has 0 spiro atoms. The van der Waals surface area contributed by atoms with Crippen LogP contribution < -0.4 is 17.0 Å². The summed E-state index contributed by atoms with van der Waals surface area (Å²) in [5.74, 6) is 5.35. The molecule has 1 aromatic carbocycles. The van der Waals surface area contributed by atoms with E-state index in [-0.39, 0.29) is 6.17 Å². The van der Waals surface area contributed by atoms with Gasteiger partial charge in [-0.1, -0.05) is 13.0 Å². The minimum Gasteiger partial charge on any atom is -0.311 e. The molecule has 0 aliphatic carbocycles. The van der Waals surface area contributed by atoms with Gasteiger partial charge in [0.25, 0.3) is 0 Å². The van der Waals surface area contributed by atoms with E-state index >= 15 is 0 Å². The second-order valence-corrected chi connectivity index (χ2v) is 3.77. The number of thiol groups is 1. The molecular formula is C10H17N3S. The summed E-state index contributed by atoms with van der Waals surface area (Å²) in [4.78, 5) is 0.971. The number of aryl methyl sites for hydroxylation is 1. The van der Waals surface area contributed by atoms with Gasteiger partial charge in [-0.05, 0) is 36.1 Å². The van der Waals surface area contributed by atoms with Gasteiger partial charge in [-0.3, -0.25) is 5.84 Å². The number of hydrogen-bond donors (Lipinski definition) is 4. The third-order valence-electron chi connectivity index (χ3n) is 2.39. The van der Waals surface area contributed by atoms with Gasteiger partial charge in [0.15, 0.2) is 0 Å². The van der Waals surface area contributed by atoms with Crippen molar-refractivity contribution in [2.75, 3.05) is 0 Å². The van der Waals surface area contributed by atoms with Gasteiger partial charge in [0.1, 0.15) is 0 Å². The lowest BCUT2D eigenvalue weighted by atomic mass is 9.98. The molecule has 0 amide bonds. The molecule has 14 heavy (non-hydrogen) atoms. The van der Waals surface area contributed by atoms with E-state index < -0.39 is 0 Å². The SMILES string of the molecule is CCc1c(S)ccc(C)c1C(N)NN. The van der Waals surface area contributed by atoms with E-state index in [1.165, 1.54) is 5.56 Å². The summed E-state index contributed by atoms with van der Waals surface area (Å²) in [6, 6.07) is 4.00. The van der Waals surface area contributed by atoms with Crippen LogP contribution in [0.15, 0.2) is 17.0 Å². The summed E-state index contributed by atoms with van der Waals surface area (Å²) in [6.45, 7) is 4.11. The quantitative estimate of drug-likeness (QED) is 0.263. The first-order valence-corrected chi connectivity index (χ1v) is 5.09. The Kier molecular flexibility index (Phi) is 3.95. The van der Waals surface area contributed by atoms with Gasteiger partial charge < -0.3 is 5.73 Å².